The van der Waals surface area contributed by atoms with E-state index in [2.05, 4.69) is 37.4 Å². The third-order valence-electron chi connectivity index (χ3n) is 3.30. The van der Waals surface area contributed by atoms with E-state index >= 15 is 0 Å². The van der Waals surface area contributed by atoms with Crippen LogP contribution in [0.15, 0.2) is 23.1 Å². The van der Waals surface area contributed by atoms with Crippen molar-refractivity contribution in [1.29, 1.82) is 0 Å². The Hall–Kier alpha value is -0.510. The first-order chi connectivity index (χ1) is 8.02. The molecule has 1 aliphatic heterocycles. The highest BCUT2D eigenvalue weighted by Crippen LogP contribution is 2.33. The molecule has 1 aromatic rings. The van der Waals surface area contributed by atoms with Crippen LogP contribution in [0.2, 0.25) is 0 Å². The minimum absolute atomic E-state index is 0.208. The van der Waals surface area contributed by atoms with Crippen molar-refractivity contribution < 1.29 is 0 Å². The molecule has 94 valence electrons. The Balaban J connectivity index is 2.32. The molecule has 0 fully saturated rings. The molecule has 0 amide bonds. The lowest BCUT2D eigenvalue weighted by atomic mass is 9.88. The van der Waals surface area contributed by atoms with E-state index in [0.717, 1.165) is 0 Å². The number of aryl methyl sites for hydroxylation is 1. The third kappa shape index (κ3) is 2.84. The molecule has 17 heavy (non-hydrogen) atoms. The molecule has 3 N–H and O–H groups in total. The molecule has 1 aromatic carbocycles. The maximum atomic E-state index is 6.23. The summed E-state index contributed by atoms with van der Waals surface area (Å²) in [5.74, 6) is 1.25. The number of thioether (sulfide) groups is 1. The molecule has 0 saturated carbocycles. The Morgan fingerprint density at radius 3 is 2.82 bits per heavy atom. The van der Waals surface area contributed by atoms with Gasteiger partial charge in [-0.25, -0.2) is 0 Å². The smallest absolute Gasteiger partial charge is 0.0495 e. The van der Waals surface area contributed by atoms with Crippen LogP contribution in [0.5, 0.6) is 0 Å². The van der Waals surface area contributed by atoms with Crippen LogP contribution in [-0.2, 0) is 6.42 Å². The number of hydrogen-bond acceptors (Lipinski definition) is 3. The fourth-order valence-electron chi connectivity index (χ4n) is 2.53. The lowest BCUT2D eigenvalue weighted by Gasteiger charge is -2.31. The minimum atomic E-state index is -0.245. The summed E-state index contributed by atoms with van der Waals surface area (Å²) in [6, 6.07) is 7.01. The van der Waals surface area contributed by atoms with Gasteiger partial charge in [0.05, 0.1) is 0 Å². The first-order valence-electron chi connectivity index (χ1n) is 6.24. The number of nitrogens with one attached hydrogen (secondary N) is 1. The number of fused-ring (bicyclic) bond motifs is 1. The van der Waals surface area contributed by atoms with Crippen LogP contribution >= 0.6 is 11.8 Å². The zero-order valence-electron chi connectivity index (χ0n) is 10.9. The van der Waals surface area contributed by atoms with Crippen molar-refractivity contribution in [1.82, 2.24) is 5.32 Å². The van der Waals surface area contributed by atoms with Gasteiger partial charge in [-0.15, -0.1) is 11.8 Å². The molecule has 3 heteroatoms. The SMILES string of the molecule is CNC(c1ccc2c(c1)CCCS2)C(C)(C)N. The van der Waals surface area contributed by atoms with E-state index in [0.29, 0.717) is 0 Å². The average Bonchev–Trinajstić information content (AvgIpc) is 2.28. The molecular formula is C14H22N2S. The highest BCUT2D eigenvalue weighted by molar-refractivity contribution is 7.99. The summed E-state index contributed by atoms with van der Waals surface area (Å²) < 4.78 is 0. The first kappa shape index (κ1) is 12.9. The Morgan fingerprint density at radius 1 is 1.41 bits per heavy atom. The summed E-state index contributed by atoms with van der Waals surface area (Å²) in [5.41, 5.74) is 8.78. The zero-order valence-corrected chi connectivity index (χ0v) is 11.7. The molecule has 0 radical (unpaired) electrons. The number of rotatable bonds is 3. The topological polar surface area (TPSA) is 38.0 Å². The molecule has 0 aliphatic carbocycles. The second-order valence-corrected chi connectivity index (χ2v) is 6.50. The summed E-state index contributed by atoms with van der Waals surface area (Å²) in [5, 5.41) is 3.33. The van der Waals surface area contributed by atoms with Gasteiger partial charge in [-0.3, -0.25) is 0 Å². The maximum Gasteiger partial charge on any atom is 0.0495 e. The molecule has 0 aromatic heterocycles. The van der Waals surface area contributed by atoms with Crippen LogP contribution in [0, 0.1) is 0 Å². The first-order valence-corrected chi connectivity index (χ1v) is 7.22. The van der Waals surface area contributed by atoms with Crippen LogP contribution in [0.1, 0.15) is 37.4 Å². The van der Waals surface area contributed by atoms with Crippen molar-refractivity contribution in [3.63, 3.8) is 0 Å². The number of nitrogens with two attached hydrogens (primary N) is 1. The fraction of sp³-hybridized carbons (Fsp3) is 0.571. The van der Waals surface area contributed by atoms with Gasteiger partial charge in [-0.2, -0.15) is 0 Å². The second-order valence-electron chi connectivity index (χ2n) is 5.36. The van der Waals surface area contributed by atoms with E-state index in [1.54, 1.807) is 0 Å². The Morgan fingerprint density at radius 2 is 2.18 bits per heavy atom. The fourth-order valence-corrected chi connectivity index (χ4v) is 3.55. The Bertz CT molecular complexity index is 396. The summed E-state index contributed by atoms with van der Waals surface area (Å²) in [4.78, 5) is 1.45. The quantitative estimate of drug-likeness (QED) is 0.866. The van der Waals surface area contributed by atoms with E-state index in [9.17, 15) is 0 Å². The number of hydrogen-bond donors (Lipinski definition) is 2. The maximum absolute atomic E-state index is 6.23. The molecule has 2 rings (SSSR count). The van der Waals surface area contributed by atoms with E-state index in [1.807, 2.05) is 18.8 Å². The predicted molar refractivity (Wildman–Crippen MR) is 75.6 cm³/mol. The van der Waals surface area contributed by atoms with Crippen molar-refractivity contribution in [2.75, 3.05) is 12.8 Å². The van der Waals surface area contributed by atoms with Crippen molar-refractivity contribution >= 4 is 11.8 Å². The van der Waals surface area contributed by atoms with Gasteiger partial charge in [0, 0.05) is 16.5 Å². The lowest BCUT2D eigenvalue weighted by Crippen LogP contribution is -2.45. The van der Waals surface area contributed by atoms with Gasteiger partial charge < -0.3 is 11.1 Å². The summed E-state index contributed by atoms with van der Waals surface area (Å²) in [7, 11) is 1.98. The van der Waals surface area contributed by atoms with Gasteiger partial charge >= 0.3 is 0 Å². The van der Waals surface area contributed by atoms with Gasteiger partial charge in [0.15, 0.2) is 0 Å². The van der Waals surface area contributed by atoms with Crippen molar-refractivity contribution in [2.45, 2.75) is 43.2 Å². The van der Waals surface area contributed by atoms with E-state index in [-0.39, 0.29) is 11.6 Å². The third-order valence-corrected chi connectivity index (χ3v) is 4.50. The largest absolute Gasteiger partial charge is 0.324 e. The predicted octanol–water partition coefficient (Wildman–Crippen LogP) is 2.72. The van der Waals surface area contributed by atoms with Crippen LogP contribution in [-0.4, -0.2) is 18.3 Å². The average molecular weight is 250 g/mol. The Kier molecular flexibility index (Phi) is 3.81. The monoisotopic (exact) mass is 250 g/mol. The molecule has 1 unspecified atom stereocenters. The second kappa shape index (κ2) is 5.01. The zero-order chi connectivity index (χ0) is 12.5. The normalized spacial score (nSPS) is 17.6. The highest BCUT2D eigenvalue weighted by Gasteiger charge is 2.26. The van der Waals surface area contributed by atoms with Crippen LogP contribution < -0.4 is 11.1 Å². The number of likely N-dealkylation sites (N-methyl/N-ethyl adjacent to an activating group) is 1. The standard InChI is InChI=1S/C14H22N2S/c1-14(2,15)13(16-3)11-6-7-12-10(9-11)5-4-8-17-12/h6-7,9,13,16H,4-5,8,15H2,1-3H3. The van der Waals surface area contributed by atoms with Crippen LogP contribution in [0.4, 0.5) is 0 Å². The molecule has 1 atom stereocenters. The molecule has 0 saturated heterocycles. The van der Waals surface area contributed by atoms with Gasteiger partial charge in [-0.1, -0.05) is 12.1 Å². The lowest BCUT2D eigenvalue weighted by molar-refractivity contribution is 0.369. The molecule has 0 bridgehead atoms. The molecule has 0 spiro atoms. The van der Waals surface area contributed by atoms with Crippen LogP contribution in [0.25, 0.3) is 0 Å². The van der Waals surface area contributed by atoms with Crippen molar-refractivity contribution in [3.8, 4) is 0 Å². The summed E-state index contributed by atoms with van der Waals surface area (Å²) >= 11 is 1.97. The van der Waals surface area contributed by atoms with E-state index in [1.165, 1.54) is 34.6 Å². The highest BCUT2D eigenvalue weighted by atomic mass is 32.2. The van der Waals surface area contributed by atoms with Crippen LogP contribution in [0.3, 0.4) is 0 Å². The van der Waals surface area contributed by atoms with Gasteiger partial charge in [0.1, 0.15) is 0 Å². The van der Waals surface area contributed by atoms with E-state index in [4.69, 9.17) is 5.73 Å². The summed E-state index contributed by atoms with van der Waals surface area (Å²) in [6.07, 6.45) is 2.50. The Labute approximate surface area is 108 Å². The van der Waals surface area contributed by atoms with Gasteiger partial charge in [0.25, 0.3) is 0 Å². The molecule has 1 heterocycles. The van der Waals surface area contributed by atoms with Gasteiger partial charge in [0.2, 0.25) is 0 Å². The number of benzene rings is 1. The van der Waals surface area contributed by atoms with Crippen molar-refractivity contribution in [2.24, 2.45) is 5.73 Å². The minimum Gasteiger partial charge on any atom is -0.324 e. The molecule has 2 nitrogen and oxygen atoms in total. The van der Waals surface area contributed by atoms with E-state index < -0.39 is 0 Å². The van der Waals surface area contributed by atoms with Crippen molar-refractivity contribution in [3.05, 3.63) is 29.3 Å². The van der Waals surface area contributed by atoms with Gasteiger partial charge in [-0.05, 0) is 56.7 Å². The summed E-state index contributed by atoms with van der Waals surface area (Å²) in [6.45, 7) is 4.14. The molecular weight excluding hydrogens is 228 g/mol. The molecule has 1 aliphatic rings.